The molecule has 0 aliphatic carbocycles. The van der Waals surface area contributed by atoms with Crippen LogP contribution in [0.3, 0.4) is 0 Å². The molecule has 2 atom stereocenters. The molecule has 1 aliphatic rings. The van der Waals surface area contributed by atoms with E-state index >= 15 is 0 Å². The summed E-state index contributed by atoms with van der Waals surface area (Å²) in [6, 6.07) is 0.492. The van der Waals surface area contributed by atoms with Gasteiger partial charge in [-0.25, -0.2) is 0 Å². The maximum Gasteiger partial charge on any atom is 0.219 e. The van der Waals surface area contributed by atoms with Gasteiger partial charge in [0.2, 0.25) is 5.91 Å². The molecule has 0 aromatic rings. The minimum atomic E-state index is 0.224. The Kier molecular flexibility index (Phi) is 5.96. The second-order valence-corrected chi connectivity index (χ2v) is 5.81. The molecule has 3 nitrogen and oxygen atoms in total. The van der Waals surface area contributed by atoms with E-state index in [1.807, 2.05) is 4.90 Å². The molecule has 100 valence electrons. The minimum Gasteiger partial charge on any atom is -0.341 e. The van der Waals surface area contributed by atoms with Crippen molar-refractivity contribution in [1.29, 1.82) is 0 Å². The number of hydrogen-bond acceptors (Lipinski definition) is 2. The van der Waals surface area contributed by atoms with Gasteiger partial charge in [-0.05, 0) is 31.2 Å². The van der Waals surface area contributed by atoms with Crippen LogP contribution in [0.4, 0.5) is 0 Å². The number of nitrogens with zero attached hydrogens (tertiary/aromatic N) is 1. The first-order valence-corrected chi connectivity index (χ1v) is 7.01. The number of likely N-dealkylation sites (tertiary alicyclic amines) is 1. The SMILES string of the molecule is CCCC1CC(NCC(C)C)CN(C(C)=O)C1. The lowest BCUT2D eigenvalue weighted by molar-refractivity contribution is -0.131. The van der Waals surface area contributed by atoms with Gasteiger partial charge in [-0.2, -0.15) is 0 Å². The molecule has 0 radical (unpaired) electrons. The second kappa shape index (κ2) is 7.00. The summed E-state index contributed by atoms with van der Waals surface area (Å²) in [5.74, 6) is 1.58. The Morgan fingerprint density at radius 1 is 1.41 bits per heavy atom. The van der Waals surface area contributed by atoms with Gasteiger partial charge in [0.1, 0.15) is 0 Å². The first-order valence-electron chi connectivity index (χ1n) is 7.01. The van der Waals surface area contributed by atoms with Crippen LogP contribution in [-0.4, -0.2) is 36.5 Å². The summed E-state index contributed by atoms with van der Waals surface area (Å²) in [6.45, 7) is 11.3. The summed E-state index contributed by atoms with van der Waals surface area (Å²) < 4.78 is 0. The van der Waals surface area contributed by atoms with E-state index in [0.717, 1.165) is 19.6 Å². The van der Waals surface area contributed by atoms with E-state index in [2.05, 4.69) is 26.1 Å². The van der Waals surface area contributed by atoms with E-state index < -0.39 is 0 Å². The highest BCUT2D eigenvalue weighted by atomic mass is 16.2. The monoisotopic (exact) mass is 240 g/mol. The topological polar surface area (TPSA) is 32.3 Å². The summed E-state index contributed by atoms with van der Waals surface area (Å²) >= 11 is 0. The van der Waals surface area contributed by atoms with Crippen molar-refractivity contribution >= 4 is 5.91 Å². The Morgan fingerprint density at radius 3 is 2.65 bits per heavy atom. The third-order valence-corrected chi connectivity index (χ3v) is 3.49. The quantitative estimate of drug-likeness (QED) is 0.799. The molecule has 1 heterocycles. The molecule has 1 saturated heterocycles. The fourth-order valence-electron chi connectivity index (χ4n) is 2.63. The average Bonchev–Trinajstić information content (AvgIpc) is 2.26. The predicted molar refractivity (Wildman–Crippen MR) is 71.9 cm³/mol. The van der Waals surface area contributed by atoms with Crippen LogP contribution in [-0.2, 0) is 4.79 Å². The zero-order chi connectivity index (χ0) is 12.8. The fraction of sp³-hybridized carbons (Fsp3) is 0.929. The third-order valence-electron chi connectivity index (χ3n) is 3.49. The van der Waals surface area contributed by atoms with Crippen LogP contribution in [0.1, 0.15) is 47.0 Å². The molecule has 1 aliphatic heterocycles. The lowest BCUT2D eigenvalue weighted by Crippen LogP contribution is -2.51. The van der Waals surface area contributed by atoms with Crippen LogP contribution in [0, 0.1) is 11.8 Å². The molecule has 0 aromatic heterocycles. The van der Waals surface area contributed by atoms with Gasteiger partial charge in [-0.15, -0.1) is 0 Å². The van der Waals surface area contributed by atoms with Crippen molar-refractivity contribution in [1.82, 2.24) is 10.2 Å². The van der Waals surface area contributed by atoms with E-state index in [9.17, 15) is 4.79 Å². The number of amides is 1. The number of rotatable bonds is 5. The second-order valence-electron chi connectivity index (χ2n) is 5.81. The summed E-state index contributed by atoms with van der Waals surface area (Å²) in [5.41, 5.74) is 0. The average molecular weight is 240 g/mol. The number of carbonyl (C=O) groups excluding carboxylic acids is 1. The highest BCUT2D eigenvalue weighted by Gasteiger charge is 2.27. The smallest absolute Gasteiger partial charge is 0.219 e. The van der Waals surface area contributed by atoms with E-state index in [0.29, 0.717) is 17.9 Å². The summed E-state index contributed by atoms with van der Waals surface area (Å²) in [7, 11) is 0. The fourth-order valence-corrected chi connectivity index (χ4v) is 2.63. The van der Waals surface area contributed by atoms with Crippen LogP contribution in [0.2, 0.25) is 0 Å². The van der Waals surface area contributed by atoms with Crippen LogP contribution in [0.25, 0.3) is 0 Å². The van der Waals surface area contributed by atoms with Gasteiger partial charge in [-0.3, -0.25) is 4.79 Å². The maximum absolute atomic E-state index is 11.5. The Hall–Kier alpha value is -0.570. The van der Waals surface area contributed by atoms with Gasteiger partial charge in [0.25, 0.3) is 0 Å². The zero-order valence-corrected chi connectivity index (χ0v) is 11.8. The van der Waals surface area contributed by atoms with E-state index in [1.54, 1.807) is 6.92 Å². The summed E-state index contributed by atoms with van der Waals surface area (Å²) in [4.78, 5) is 13.5. The Bertz CT molecular complexity index is 240. The van der Waals surface area contributed by atoms with Crippen LogP contribution in [0.5, 0.6) is 0 Å². The van der Waals surface area contributed by atoms with Gasteiger partial charge in [0.05, 0.1) is 0 Å². The van der Waals surface area contributed by atoms with Crippen LogP contribution >= 0.6 is 0 Å². The largest absolute Gasteiger partial charge is 0.341 e. The zero-order valence-electron chi connectivity index (χ0n) is 11.8. The molecule has 0 spiro atoms. The Morgan fingerprint density at radius 2 is 2.12 bits per heavy atom. The minimum absolute atomic E-state index is 0.224. The van der Waals surface area contributed by atoms with E-state index in [1.165, 1.54) is 19.3 Å². The van der Waals surface area contributed by atoms with Crippen molar-refractivity contribution in [2.24, 2.45) is 11.8 Å². The first kappa shape index (κ1) is 14.5. The Balaban J connectivity index is 2.49. The number of hydrogen-bond donors (Lipinski definition) is 1. The van der Waals surface area contributed by atoms with Gasteiger partial charge in [-0.1, -0.05) is 27.2 Å². The molecule has 0 saturated carbocycles. The number of carbonyl (C=O) groups is 1. The third kappa shape index (κ3) is 5.07. The lowest BCUT2D eigenvalue weighted by atomic mass is 9.90. The van der Waals surface area contributed by atoms with Crippen molar-refractivity contribution < 1.29 is 4.79 Å². The molecule has 3 heteroatoms. The molecule has 17 heavy (non-hydrogen) atoms. The van der Waals surface area contributed by atoms with Crippen LogP contribution in [0.15, 0.2) is 0 Å². The summed E-state index contributed by atoms with van der Waals surface area (Å²) in [6.07, 6.45) is 3.68. The lowest BCUT2D eigenvalue weighted by Gasteiger charge is -2.38. The van der Waals surface area contributed by atoms with E-state index in [4.69, 9.17) is 0 Å². The molecule has 1 N–H and O–H groups in total. The molecular weight excluding hydrogens is 212 g/mol. The molecule has 2 unspecified atom stereocenters. The molecule has 1 fully saturated rings. The molecule has 1 amide bonds. The molecular formula is C14H28N2O. The summed E-state index contributed by atoms with van der Waals surface area (Å²) in [5, 5.41) is 3.60. The van der Waals surface area contributed by atoms with Crippen molar-refractivity contribution in [3.8, 4) is 0 Å². The normalized spacial score (nSPS) is 25.4. The highest BCUT2D eigenvalue weighted by molar-refractivity contribution is 5.73. The first-order chi connectivity index (χ1) is 8.02. The standard InChI is InChI=1S/C14H28N2O/c1-5-6-13-7-14(15-8-11(2)3)10-16(9-13)12(4)17/h11,13-15H,5-10H2,1-4H3. The maximum atomic E-state index is 11.5. The van der Waals surface area contributed by atoms with Crippen molar-refractivity contribution in [2.75, 3.05) is 19.6 Å². The predicted octanol–water partition coefficient (Wildman–Crippen LogP) is 2.27. The number of piperidine rings is 1. The van der Waals surface area contributed by atoms with Gasteiger partial charge < -0.3 is 10.2 Å². The number of nitrogens with one attached hydrogen (secondary N) is 1. The van der Waals surface area contributed by atoms with Gasteiger partial charge in [0.15, 0.2) is 0 Å². The highest BCUT2D eigenvalue weighted by Crippen LogP contribution is 2.21. The Labute approximate surface area is 106 Å². The van der Waals surface area contributed by atoms with Gasteiger partial charge in [0, 0.05) is 26.1 Å². The van der Waals surface area contributed by atoms with Gasteiger partial charge >= 0.3 is 0 Å². The molecule has 0 bridgehead atoms. The molecule has 0 aromatic carbocycles. The van der Waals surface area contributed by atoms with E-state index in [-0.39, 0.29) is 5.91 Å². The molecule has 1 rings (SSSR count). The van der Waals surface area contributed by atoms with Crippen molar-refractivity contribution in [2.45, 2.75) is 53.0 Å². The van der Waals surface area contributed by atoms with Crippen molar-refractivity contribution in [3.05, 3.63) is 0 Å². The van der Waals surface area contributed by atoms with Crippen LogP contribution < -0.4 is 5.32 Å². The van der Waals surface area contributed by atoms with Crippen molar-refractivity contribution in [3.63, 3.8) is 0 Å².